The molecule has 0 aliphatic carbocycles. The Labute approximate surface area is 206 Å². The standard InChI is InChI=1S/C28H59N3O2/c1-5-7-9-11-13-15-17-19-21-23-29-26(3)31(25-28(32)33)27(4)30-24-22-20-18-16-14-12-10-8-6-2/h26-27,29-30H,5-25H2,1-4H3,(H,32,33). The topological polar surface area (TPSA) is 64.6 Å². The van der Waals surface area contributed by atoms with Gasteiger partial charge in [0, 0.05) is 0 Å². The monoisotopic (exact) mass is 469 g/mol. The highest BCUT2D eigenvalue weighted by molar-refractivity contribution is 5.69. The Morgan fingerprint density at radius 3 is 1.21 bits per heavy atom. The molecule has 0 aliphatic rings. The van der Waals surface area contributed by atoms with Crippen LogP contribution in [-0.4, -0.2) is 47.9 Å². The molecule has 3 N–H and O–H groups in total. The molecule has 0 radical (unpaired) electrons. The second kappa shape index (κ2) is 24.5. The quantitative estimate of drug-likeness (QED) is 0.0915. The summed E-state index contributed by atoms with van der Waals surface area (Å²) in [5.41, 5.74) is 0. The van der Waals surface area contributed by atoms with E-state index in [0.29, 0.717) is 0 Å². The summed E-state index contributed by atoms with van der Waals surface area (Å²) in [5.74, 6) is -0.761. The van der Waals surface area contributed by atoms with E-state index in [1.807, 2.05) is 4.90 Å². The number of nitrogens with zero attached hydrogens (tertiary/aromatic N) is 1. The number of carboxylic acid groups (broad SMARTS) is 1. The third-order valence-electron chi connectivity index (χ3n) is 6.75. The zero-order chi connectivity index (χ0) is 24.6. The highest BCUT2D eigenvalue weighted by Crippen LogP contribution is 2.11. The summed E-state index contributed by atoms with van der Waals surface area (Å²) in [7, 11) is 0. The highest BCUT2D eigenvalue weighted by atomic mass is 16.4. The van der Waals surface area contributed by atoms with Crippen molar-refractivity contribution < 1.29 is 9.90 Å². The summed E-state index contributed by atoms with van der Waals surface area (Å²) in [6.45, 7) is 10.7. The van der Waals surface area contributed by atoms with Gasteiger partial charge in [0.1, 0.15) is 0 Å². The molecule has 5 nitrogen and oxygen atoms in total. The van der Waals surface area contributed by atoms with Crippen LogP contribution in [0.2, 0.25) is 0 Å². The molecule has 0 saturated heterocycles. The largest absolute Gasteiger partial charge is 0.480 e. The fraction of sp³-hybridized carbons (Fsp3) is 0.964. The Balaban J connectivity index is 3.91. The molecule has 0 bridgehead atoms. The molecule has 0 fully saturated rings. The van der Waals surface area contributed by atoms with Crippen LogP contribution in [0.15, 0.2) is 0 Å². The molecule has 0 spiro atoms. The molecule has 0 aromatic rings. The number of unbranched alkanes of at least 4 members (excludes halogenated alkanes) is 16. The molecule has 0 amide bonds. The molecule has 0 aromatic heterocycles. The third kappa shape index (κ3) is 21.6. The Hall–Kier alpha value is -0.650. The van der Waals surface area contributed by atoms with Crippen molar-refractivity contribution in [2.24, 2.45) is 0 Å². The molecule has 0 aromatic carbocycles. The summed E-state index contributed by atoms with van der Waals surface area (Å²) >= 11 is 0. The molecule has 0 rings (SSSR count). The van der Waals surface area contributed by atoms with Crippen molar-refractivity contribution in [3.63, 3.8) is 0 Å². The van der Waals surface area contributed by atoms with Gasteiger partial charge in [0.05, 0.1) is 18.9 Å². The lowest BCUT2D eigenvalue weighted by molar-refractivity contribution is -0.140. The first-order chi connectivity index (χ1) is 16.0. The Kier molecular flexibility index (Phi) is 24.0. The van der Waals surface area contributed by atoms with E-state index >= 15 is 0 Å². The number of rotatable bonds is 26. The number of carboxylic acids is 1. The van der Waals surface area contributed by atoms with Gasteiger partial charge in [-0.1, -0.05) is 117 Å². The van der Waals surface area contributed by atoms with Crippen LogP contribution in [0.3, 0.4) is 0 Å². The summed E-state index contributed by atoms with van der Waals surface area (Å²) in [6.07, 6.45) is 24.0. The Morgan fingerprint density at radius 2 is 0.909 bits per heavy atom. The molecule has 5 heteroatoms. The van der Waals surface area contributed by atoms with Gasteiger partial charge in [0.2, 0.25) is 0 Å². The van der Waals surface area contributed by atoms with E-state index in [4.69, 9.17) is 0 Å². The Bertz CT molecular complexity index is 390. The second-order valence-corrected chi connectivity index (χ2v) is 9.98. The number of hydrogen-bond donors (Lipinski definition) is 3. The van der Waals surface area contributed by atoms with E-state index in [-0.39, 0.29) is 18.9 Å². The lowest BCUT2D eigenvalue weighted by Gasteiger charge is -2.34. The molecular formula is C28H59N3O2. The van der Waals surface area contributed by atoms with E-state index in [0.717, 1.165) is 13.1 Å². The van der Waals surface area contributed by atoms with Crippen LogP contribution < -0.4 is 10.6 Å². The summed E-state index contributed by atoms with van der Waals surface area (Å²) in [6, 6.07) is 0. The molecule has 2 atom stereocenters. The smallest absolute Gasteiger partial charge is 0.317 e. The number of aliphatic carboxylic acids is 1. The minimum Gasteiger partial charge on any atom is -0.480 e. The van der Waals surface area contributed by atoms with Gasteiger partial charge in [0.15, 0.2) is 0 Å². The summed E-state index contributed by atoms with van der Waals surface area (Å²) in [4.78, 5) is 13.4. The van der Waals surface area contributed by atoms with Crippen LogP contribution >= 0.6 is 0 Å². The van der Waals surface area contributed by atoms with E-state index in [9.17, 15) is 9.90 Å². The van der Waals surface area contributed by atoms with Crippen LogP contribution in [0.1, 0.15) is 143 Å². The SMILES string of the molecule is CCCCCCCCCCCNC(C)N(CC(=O)O)C(C)NCCCCCCCCCCC. The molecule has 33 heavy (non-hydrogen) atoms. The number of carbonyl (C=O) groups is 1. The van der Waals surface area contributed by atoms with Gasteiger partial charge in [-0.25, -0.2) is 0 Å². The molecule has 198 valence electrons. The lowest BCUT2D eigenvalue weighted by Crippen LogP contribution is -2.55. The van der Waals surface area contributed by atoms with Gasteiger partial charge in [0.25, 0.3) is 0 Å². The van der Waals surface area contributed by atoms with E-state index in [1.54, 1.807) is 0 Å². The van der Waals surface area contributed by atoms with Crippen LogP contribution in [0.5, 0.6) is 0 Å². The number of hydrogen-bond acceptors (Lipinski definition) is 4. The van der Waals surface area contributed by atoms with Crippen LogP contribution in [0.4, 0.5) is 0 Å². The van der Waals surface area contributed by atoms with Crippen molar-refractivity contribution in [1.29, 1.82) is 0 Å². The first-order valence-electron chi connectivity index (χ1n) is 14.5. The van der Waals surface area contributed by atoms with Gasteiger partial charge >= 0.3 is 5.97 Å². The predicted molar refractivity (Wildman–Crippen MR) is 144 cm³/mol. The second-order valence-electron chi connectivity index (χ2n) is 9.98. The van der Waals surface area contributed by atoms with Crippen molar-refractivity contribution in [3.8, 4) is 0 Å². The molecule has 0 saturated carbocycles. The third-order valence-corrected chi connectivity index (χ3v) is 6.75. The van der Waals surface area contributed by atoms with Gasteiger partial charge in [-0.2, -0.15) is 0 Å². The maximum absolute atomic E-state index is 11.4. The van der Waals surface area contributed by atoms with E-state index in [1.165, 1.54) is 116 Å². The molecule has 2 unspecified atom stereocenters. The predicted octanol–water partition coefficient (Wildman–Crippen LogP) is 7.31. The maximum Gasteiger partial charge on any atom is 0.317 e. The van der Waals surface area contributed by atoms with Crippen molar-refractivity contribution in [1.82, 2.24) is 15.5 Å². The number of nitrogens with one attached hydrogen (secondary N) is 2. The first kappa shape index (κ1) is 32.4. The van der Waals surface area contributed by atoms with Crippen molar-refractivity contribution in [3.05, 3.63) is 0 Å². The molecule has 0 aliphatic heterocycles. The average Bonchev–Trinajstić information content (AvgIpc) is 2.79. The minimum absolute atomic E-state index is 0.0563. The van der Waals surface area contributed by atoms with E-state index < -0.39 is 5.97 Å². The lowest BCUT2D eigenvalue weighted by atomic mass is 10.1. The zero-order valence-electron chi connectivity index (χ0n) is 22.8. The van der Waals surface area contributed by atoms with Gasteiger partial charge in [-0.3, -0.25) is 9.69 Å². The average molecular weight is 470 g/mol. The minimum atomic E-state index is -0.761. The highest BCUT2D eigenvalue weighted by Gasteiger charge is 2.21. The molecule has 0 heterocycles. The van der Waals surface area contributed by atoms with Gasteiger partial charge < -0.3 is 15.7 Å². The van der Waals surface area contributed by atoms with Gasteiger partial charge in [-0.15, -0.1) is 0 Å². The Morgan fingerprint density at radius 1 is 0.606 bits per heavy atom. The van der Waals surface area contributed by atoms with Crippen molar-refractivity contribution in [2.45, 2.75) is 156 Å². The summed E-state index contributed by atoms with van der Waals surface area (Å²) in [5, 5.41) is 16.5. The normalized spacial score (nSPS) is 13.5. The van der Waals surface area contributed by atoms with Crippen LogP contribution in [0.25, 0.3) is 0 Å². The van der Waals surface area contributed by atoms with Crippen molar-refractivity contribution in [2.75, 3.05) is 19.6 Å². The van der Waals surface area contributed by atoms with Crippen LogP contribution in [0, 0.1) is 0 Å². The zero-order valence-corrected chi connectivity index (χ0v) is 22.8. The van der Waals surface area contributed by atoms with E-state index in [2.05, 4.69) is 38.3 Å². The van der Waals surface area contributed by atoms with Gasteiger partial charge in [-0.05, 0) is 39.8 Å². The first-order valence-corrected chi connectivity index (χ1v) is 14.5. The van der Waals surface area contributed by atoms with Crippen molar-refractivity contribution >= 4 is 5.97 Å². The molecular weight excluding hydrogens is 410 g/mol. The summed E-state index contributed by atoms with van der Waals surface area (Å²) < 4.78 is 0. The maximum atomic E-state index is 11.4. The fourth-order valence-corrected chi connectivity index (χ4v) is 4.49. The van der Waals surface area contributed by atoms with Crippen LogP contribution in [-0.2, 0) is 4.79 Å². The fourth-order valence-electron chi connectivity index (χ4n) is 4.49.